The van der Waals surface area contributed by atoms with Crippen molar-refractivity contribution in [1.29, 1.82) is 0 Å². The van der Waals surface area contributed by atoms with Crippen LogP contribution in [0, 0.1) is 23.5 Å². The average Bonchev–Trinajstić information content (AvgIpc) is 2.34. The summed E-state index contributed by atoms with van der Waals surface area (Å²) in [6.07, 6.45) is 4.84. The Bertz CT molecular complexity index is 434. The maximum atomic E-state index is 13.2. The molecule has 1 aliphatic carbocycles. The minimum atomic E-state index is -0.793. The SMILES string of the molecule is CC(C)C1CCC(N)(Cc2ccc(F)c(F)c2)CC1. The first-order chi connectivity index (χ1) is 8.89. The summed E-state index contributed by atoms with van der Waals surface area (Å²) >= 11 is 0. The van der Waals surface area contributed by atoms with Crippen LogP contribution in [0.15, 0.2) is 18.2 Å². The molecule has 1 nitrogen and oxygen atoms in total. The number of nitrogens with two attached hydrogens (primary N) is 1. The topological polar surface area (TPSA) is 26.0 Å². The summed E-state index contributed by atoms with van der Waals surface area (Å²) in [5.74, 6) is -0.121. The summed E-state index contributed by atoms with van der Waals surface area (Å²) in [6, 6.07) is 4.10. The van der Waals surface area contributed by atoms with E-state index in [1.54, 1.807) is 6.07 Å². The van der Waals surface area contributed by atoms with Gasteiger partial charge in [0.2, 0.25) is 0 Å². The van der Waals surface area contributed by atoms with Gasteiger partial charge in [0, 0.05) is 5.54 Å². The van der Waals surface area contributed by atoms with Crippen molar-refractivity contribution in [3.05, 3.63) is 35.4 Å². The summed E-state index contributed by atoms with van der Waals surface area (Å²) < 4.78 is 26.1. The van der Waals surface area contributed by atoms with Gasteiger partial charge in [-0.15, -0.1) is 0 Å². The first-order valence-corrected chi connectivity index (χ1v) is 7.12. The Kier molecular flexibility index (Phi) is 4.24. The Hall–Kier alpha value is -0.960. The summed E-state index contributed by atoms with van der Waals surface area (Å²) in [5.41, 5.74) is 6.97. The standard InChI is InChI=1S/C16H23F2N/c1-11(2)13-5-7-16(19,8-6-13)10-12-3-4-14(17)15(18)9-12/h3-4,9,11,13H,5-8,10,19H2,1-2H3. The monoisotopic (exact) mass is 267 g/mol. The second-order valence-corrected chi connectivity index (χ2v) is 6.37. The largest absolute Gasteiger partial charge is 0.325 e. The van der Waals surface area contributed by atoms with Crippen LogP contribution in [0.4, 0.5) is 8.78 Å². The van der Waals surface area contributed by atoms with E-state index < -0.39 is 11.6 Å². The Balaban J connectivity index is 2.00. The van der Waals surface area contributed by atoms with Gasteiger partial charge in [0.25, 0.3) is 0 Å². The molecule has 2 rings (SSSR count). The molecule has 1 aromatic carbocycles. The third-order valence-corrected chi connectivity index (χ3v) is 4.51. The maximum absolute atomic E-state index is 13.2. The van der Waals surface area contributed by atoms with Crippen LogP contribution in [0.2, 0.25) is 0 Å². The van der Waals surface area contributed by atoms with Crippen LogP contribution in [0.3, 0.4) is 0 Å². The normalized spacial score (nSPS) is 27.8. The third kappa shape index (κ3) is 3.53. The molecule has 0 aliphatic heterocycles. The van der Waals surface area contributed by atoms with E-state index >= 15 is 0 Å². The summed E-state index contributed by atoms with van der Waals surface area (Å²) in [6.45, 7) is 4.51. The molecule has 0 aromatic heterocycles. The molecule has 3 heteroatoms. The van der Waals surface area contributed by atoms with Crippen LogP contribution < -0.4 is 5.73 Å². The van der Waals surface area contributed by atoms with E-state index in [9.17, 15) is 8.78 Å². The van der Waals surface area contributed by atoms with Crippen LogP contribution in [0.5, 0.6) is 0 Å². The van der Waals surface area contributed by atoms with E-state index in [0.29, 0.717) is 12.3 Å². The van der Waals surface area contributed by atoms with Crippen molar-refractivity contribution in [1.82, 2.24) is 0 Å². The van der Waals surface area contributed by atoms with Crippen LogP contribution in [-0.2, 0) is 6.42 Å². The van der Waals surface area contributed by atoms with Crippen molar-refractivity contribution in [2.75, 3.05) is 0 Å². The van der Waals surface area contributed by atoms with Crippen LogP contribution in [0.25, 0.3) is 0 Å². The highest BCUT2D eigenvalue weighted by molar-refractivity contribution is 5.20. The third-order valence-electron chi connectivity index (χ3n) is 4.51. The van der Waals surface area contributed by atoms with Crippen molar-refractivity contribution in [3.63, 3.8) is 0 Å². The van der Waals surface area contributed by atoms with Gasteiger partial charge in [0.05, 0.1) is 0 Å². The van der Waals surface area contributed by atoms with E-state index in [2.05, 4.69) is 13.8 Å². The second kappa shape index (κ2) is 5.58. The molecule has 0 amide bonds. The van der Waals surface area contributed by atoms with Gasteiger partial charge >= 0.3 is 0 Å². The van der Waals surface area contributed by atoms with Crippen molar-refractivity contribution in [3.8, 4) is 0 Å². The Morgan fingerprint density at radius 3 is 2.37 bits per heavy atom. The molecule has 2 N–H and O–H groups in total. The summed E-state index contributed by atoms with van der Waals surface area (Å²) in [5, 5.41) is 0. The number of hydrogen-bond acceptors (Lipinski definition) is 1. The fraction of sp³-hybridized carbons (Fsp3) is 0.625. The van der Waals surface area contributed by atoms with E-state index in [1.165, 1.54) is 12.1 Å². The lowest BCUT2D eigenvalue weighted by atomic mass is 9.71. The maximum Gasteiger partial charge on any atom is 0.159 e. The highest BCUT2D eigenvalue weighted by Crippen LogP contribution is 2.36. The summed E-state index contributed by atoms with van der Waals surface area (Å²) in [4.78, 5) is 0. The van der Waals surface area contributed by atoms with E-state index in [4.69, 9.17) is 5.73 Å². The minimum Gasteiger partial charge on any atom is -0.325 e. The average molecular weight is 267 g/mol. The Morgan fingerprint density at radius 1 is 1.21 bits per heavy atom. The molecule has 0 radical (unpaired) electrons. The van der Waals surface area contributed by atoms with E-state index in [0.717, 1.165) is 37.2 Å². The fourth-order valence-electron chi connectivity index (χ4n) is 3.11. The lowest BCUT2D eigenvalue weighted by molar-refractivity contribution is 0.194. The van der Waals surface area contributed by atoms with Crippen LogP contribution in [-0.4, -0.2) is 5.54 Å². The first-order valence-electron chi connectivity index (χ1n) is 7.12. The molecule has 0 atom stereocenters. The Labute approximate surface area is 114 Å². The van der Waals surface area contributed by atoms with Gasteiger partial charge in [0.15, 0.2) is 11.6 Å². The van der Waals surface area contributed by atoms with Gasteiger partial charge in [0.1, 0.15) is 0 Å². The molecule has 0 spiro atoms. The zero-order valence-electron chi connectivity index (χ0n) is 11.8. The molecule has 1 aromatic rings. The second-order valence-electron chi connectivity index (χ2n) is 6.37. The predicted octanol–water partition coefficient (Wildman–Crippen LogP) is 4.05. The molecule has 106 valence electrons. The quantitative estimate of drug-likeness (QED) is 0.878. The zero-order chi connectivity index (χ0) is 14.0. The number of halogens is 2. The van der Waals surface area contributed by atoms with Gasteiger partial charge < -0.3 is 5.73 Å². The van der Waals surface area contributed by atoms with E-state index in [1.807, 2.05) is 0 Å². The lowest BCUT2D eigenvalue weighted by Gasteiger charge is -2.38. The molecular formula is C16H23F2N. The van der Waals surface area contributed by atoms with Crippen molar-refractivity contribution < 1.29 is 8.78 Å². The van der Waals surface area contributed by atoms with Crippen molar-refractivity contribution >= 4 is 0 Å². The van der Waals surface area contributed by atoms with Crippen LogP contribution >= 0.6 is 0 Å². The number of hydrogen-bond donors (Lipinski definition) is 1. The lowest BCUT2D eigenvalue weighted by Crippen LogP contribution is -2.45. The smallest absolute Gasteiger partial charge is 0.159 e. The van der Waals surface area contributed by atoms with Crippen molar-refractivity contribution in [2.45, 2.75) is 51.5 Å². The highest BCUT2D eigenvalue weighted by Gasteiger charge is 2.32. The molecule has 1 fully saturated rings. The molecular weight excluding hydrogens is 244 g/mol. The summed E-state index contributed by atoms with van der Waals surface area (Å²) in [7, 11) is 0. The molecule has 0 saturated heterocycles. The predicted molar refractivity (Wildman–Crippen MR) is 73.8 cm³/mol. The molecule has 19 heavy (non-hydrogen) atoms. The molecule has 0 unspecified atom stereocenters. The number of benzene rings is 1. The van der Waals surface area contributed by atoms with Gasteiger partial charge in [-0.25, -0.2) is 8.78 Å². The van der Waals surface area contributed by atoms with Gasteiger partial charge in [-0.05, 0) is 61.6 Å². The molecule has 1 aliphatic rings. The van der Waals surface area contributed by atoms with Crippen molar-refractivity contribution in [2.24, 2.45) is 17.6 Å². The van der Waals surface area contributed by atoms with E-state index in [-0.39, 0.29) is 5.54 Å². The molecule has 0 heterocycles. The fourth-order valence-corrected chi connectivity index (χ4v) is 3.11. The Morgan fingerprint density at radius 2 is 1.84 bits per heavy atom. The van der Waals surface area contributed by atoms with Gasteiger partial charge in [-0.3, -0.25) is 0 Å². The molecule has 0 bridgehead atoms. The van der Waals surface area contributed by atoms with Crippen LogP contribution in [0.1, 0.15) is 45.1 Å². The minimum absolute atomic E-state index is 0.254. The highest BCUT2D eigenvalue weighted by atomic mass is 19.2. The van der Waals surface area contributed by atoms with Gasteiger partial charge in [-0.1, -0.05) is 19.9 Å². The zero-order valence-corrected chi connectivity index (χ0v) is 11.8. The van der Waals surface area contributed by atoms with Gasteiger partial charge in [-0.2, -0.15) is 0 Å². The first kappa shape index (κ1) is 14.4. The molecule has 1 saturated carbocycles. The number of rotatable bonds is 3.